The molecule has 2 heterocycles. The third kappa shape index (κ3) is 4.31. The summed E-state index contributed by atoms with van der Waals surface area (Å²) in [5.41, 5.74) is 3.87. The highest BCUT2D eigenvalue weighted by Gasteiger charge is 2.19. The molecule has 122 valence electrons. The molecule has 1 aromatic heterocycles. The molecule has 3 nitrogen and oxygen atoms in total. The molecule has 1 saturated heterocycles. The van der Waals surface area contributed by atoms with Gasteiger partial charge < -0.3 is 10.2 Å². The van der Waals surface area contributed by atoms with Crippen LogP contribution in [-0.4, -0.2) is 41.1 Å². The first kappa shape index (κ1) is 16.4. The molecule has 0 atom stereocenters. The second kappa shape index (κ2) is 7.90. The smallest absolute Gasteiger partial charge is 0.173 e. The summed E-state index contributed by atoms with van der Waals surface area (Å²) < 4.78 is 0. The maximum atomic E-state index is 5.62. The number of rotatable bonds is 4. The van der Waals surface area contributed by atoms with Crippen molar-refractivity contribution in [3.05, 3.63) is 52.2 Å². The molecule has 1 fully saturated rings. The van der Waals surface area contributed by atoms with E-state index in [-0.39, 0.29) is 0 Å². The Balaban J connectivity index is 1.52. The molecule has 1 aliphatic heterocycles. The van der Waals surface area contributed by atoms with Crippen LogP contribution < -0.4 is 5.32 Å². The largest absolute Gasteiger partial charge is 0.346 e. The van der Waals surface area contributed by atoms with Crippen molar-refractivity contribution in [2.75, 3.05) is 31.5 Å². The number of nitrogens with one attached hydrogen (secondary N) is 1. The predicted molar refractivity (Wildman–Crippen MR) is 103 cm³/mol. The number of thiophene rings is 1. The quantitative estimate of drug-likeness (QED) is 0.849. The Morgan fingerprint density at radius 2 is 1.96 bits per heavy atom. The second-order valence-electron chi connectivity index (χ2n) is 5.84. The Labute approximate surface area is 147 Å². The van der Waals surface area contributed by atoms with Gasteiger partial charge in [0.15, 0.2) is 5.11 Å². The van der Waals surface area contributed by atoms with Gasteiger partial charge in [0.2, 0.25) is 0 Å². The maximum absolute atomic E-state index is 5.62. The molecule has 0 aliphatic carbocycles. The summed E-state index contributed by atoms with van der Waals surface area (Å²) in [4.78, 5) is 4.78. The van der Waals surface area contributed by atoms with Gasteiger partial charge in [-0.2, -0.15) is 11.3 Å². The minimum Gasteiger partial charge on any atom is -0.346 e. The summed E-state index contributed by atoms with van der Waals surface area (Å²) in [5.74, 6) is 0. The number of thiocarbonyl (C=S) groups is 1. The summed E-state index contributed by atoms with van der Waals surface area (Å²) in [6.45, 7) is 7.33. The second-order valence-corrected chi connectivity index (χ2v) is 7.00. The van der Waals surface area contributed by atoms with Gasteiger partial charge in [-0.05, 0) is 52.7 Å². The van der Waals surface area contributed by atoms with Gasteiger partial charge in [0.1, 0.15) is 0 Å². The van der Waals surface area contributed by atoms with Gasteiger partial charge in [0, 0.05) is 38.4 Å². The molecule has 0 saturated carbocycles. The van der Waals surface area contributed by atoms with Crippen LogP contribution in [0.25, 0.3) is 0 Å². The summed E-state index contributed by atoms with van der Waals surface area (Å²) in [6.07, 6.45) is 1.01. The average molecular weight is 346 g/mol. The average Bonchev–Trinajstić information content (AvgIpc) is 3.09. The van der Waals surface area contributed by atoms with Gasteiger partial charge in [-0.15, -0.1) is 0 Å². The van der Waals surface area contributed by atoms with Crippen LogP contribution in [0, 0.1) is 0 Å². The van der Waals surface area contributed by atoms with Crippen LogP contribution >= 0.6 is 23.6 Å². The van der Waals surface area contributed by atoms with Crippen LogP contribution in [0.15, 0.2) is 41.1 Å². The van der Waals surface area contributed by atoms with Crippen LogP contribution in [0.1, 0.15) is 18.1 Å². The summed E-state index contributed by atoms with van der Waals surface area (Å²) in [5, 5.41) is 8.67. The Bertz CT molecular complexity index is 631. The van der Waals surface area contributed by atoms with E-state index in [1.807, 2.05) is 0 Å². The summed E-state index contributed by atoms with van der Waals surface area (Å²) >= 11 is 7.39. The SMILES string of the molecule is CCc1ccccc1NC(=S)N1CCN(Cc2ccsc2)CC1. The maximum Gasteiger partial charge on any atom is 0.173 e. The zero-order valence-corrected chi connectivity index (χ0v) is 15.1. The Hall–Kier alpha value is -1.43. The van der Waals surface area contributed by atoms with Gasteiger partial charge >= 0.3 is 0 Å². The Morgan fingerprint density at radius 3 is 2.65 bits per heavy atom. The first-order valence-electron chi connectivity index (χ1n) is 8.13. The van der Waals surface area contributed by atoms with E-state index in [1.54, 1.807) is 11.3 Å². The van der Waals surface area contributed by atoms with E-state index in [0.29, 0.717) is 0 Å². The van der Waals surface area contributed by atoms with E-state index in [1.165, 1.54) is 11.1 Å². The molecule has 23 heavy (non-hydrogen) atoms. The third-order valence-electron chi connectivity index (χ3n) is 4.29. The van der Waals surface area contributed by atoms with Crippen LogP contribution in [0.4, 0.5) is 5.69 Å². The normalized spacial score (nSPS) is 15.6. The van der Waals surface area contributed by atoms with Crippen LogP contribution in [0.2, 0.25) is 0 Å². The summed E-state index contributed by atoms with van der Waals surface area (Å²) in [7, 11) is 0. The number of hydrogen-bond acceptors (Lipinski definition) is 3. The van der Waals surface area contributed by atoms with Crippen molar-refractivity contribution in [1.29, 1.82) is 0 Å². The number of anilines is 1. The van der Waals surface area contributed by atoms with E-state index >= 15 is 0 Å². The number of aryl methyl sites for hydroxylation is 1. The molecular weight excluding hydrogens is 322 g/mol. The highest BCUT2D eigenvalue weighted by Crippen LogP contribution is 2.17. The highest BCUT2D eigenvalue weighted by molar-refractivity contribution is 7.80. The highest BCUT2D eigenvalue weighted by atomic mass is 32.1. The Kier molecular flexibility index (Phi) is 5.65. The monoisotopic (exact) mass is 345 g/mol. The van der Waals surface area contributed by atoms with E-state index in [2.05, 4.69) is 63.1 Å². The van der Waals surface area contributed by atoms with E-state index < -0.39 is 0 Å². The van der Waals surface area contributed by atoms with Crippen molar-refractivity contribution in [3.63, 3.8) is 0 Å². The van der Waals surface area contributed by atoms with Gasteiger partial charge in [0.25, 0.3) is 0 Å². The summed E-state index contributed by atoms with van der Waals surface area (Å²) in [6, 6.07) is 10.6. The molecule has 0 unspecified atom stereocenters. The van der Waals surface area contributed by atoms with Gasteiger partial charge in [-0.1, -0.05) is 25.1 Å². The number of benzene rings is 1. The van der Waals surface area contributed by atoms with E-state index in [9.17, 15) is 0 Å². The van der Waals surface area contributed by atoms with Crippen molar-refractivity contribution in [2.45, 2.75) is 19.9 Å². The lowest BCUT2D eigenvalue weighted by Crippen LogP contribution is -2.49. The van der Waals surface area contributed by atoms with Crippen LogP contribution in [0.5, 0.6) is 0 Å². The van der Waals surface area contributed by atoms with Crippen molar-refractivity contribution in [1.82, 2.24) is 9.80 Å². The van der Waals surface area contributed by atoms with E-state index in [4.69, 9.17) is 12.2 Å². The van der Waals surface area contributed by atoms with E-state index in [0.717, 1.165) is 49.9 Å². The molecule has 2 aromatic rings. The predicted octanol–water partition coefficient (Wildman–Crippen LogP) is 3.83. The van der Waals surface area contributed by atoms with Crippen molar-refractivity contribution in [3.8, 4) is 0 Å². The van der Waals surface area contributed by atoms with Gasteiger partial charge in [-0.3, -0.25) is 4.90 Å². The molecule has 1 N–H and O–H groups in total. The Morgan fingerprint density at radius 1 is 1.17 bits per heavy atom. The fourth-order valence-electron chi connectivity index (χ4n) is 2.89. The van der Waals surface area contributed by atoms with Crippen molar-refractivity contribution < 1.29 is 0 Å². The molecular formula is C18H23N3S2. The fourth-order valence-corrected chi connectivity index (χ4v) is 3.85. The lowest BCUT2D eigenvalue weighted by atomic mass is 10.1. The third-order valence-corrected chi connectivity index (χ3v) is 5.38. The van der Waals surface area contributed by atoms with Gasteiger partial charge in [-0.25, -0.2) is 0 Å². The molecule has 1 aliphatic rings. The minimum absolute atomic E-state index is 0.848. The van der Waals surface area contributed by atoms with Crippen molar-refractivity contribution in [2.24, 2.45) is 0 Å². The van der Waals surface area contributed by atoms with Crippen molar-refractivity contribution >= 4 is 34.4 Å². The first-order valence-corrected chi connectivity index (χ1v) is 9.48. The first-order chi connectivity index (χ1) is 11.3. The molecule has 1 aromatic carbocycles. The van der Waals surface area contributed by atoms with Gasteiger partial charge in [0.05, 0.1) is 0 Å². The topological polar surface area (TPSA) is 18.5 Å². The van der Waals surface area contributed by atoms with Crippen LogP contribution in [0.3, 0.4) is 0 Å². The molecule has 0 radical (unpaired) electrons. The standard InChI is InChI=1S/C18H23N3S2/c1-2-16-5-3-4-6-17(16)19-18(22)21-10-8-20(9-11-21)13-15-7-12-23-14-15/h3-7,12,14H,2,8-11,13H2,1H3,(H,19,22). The zero-order chi connectivity index (χ0) is 16.1. The lowest BCUT2D eigenvalue weighted by Gasteiger charge is -2.36. The minimum atomic E-state index is 0.848. The number of para-hydroxylation sites is 1. The number of hydrogen-bond donors (Lipinski definition) is 1. The molecule has 0 amide bonds. The zero-order valence-electron chi connectivity index (χ0n) is 13.5. The van der Waals surface area contributed by atoms with Crippen LogP contribution in [-0.2, 0) is 13.0 Å². The molecule has 0 spiro atoms. The number of piperazine rings is 1. The molecule has 0 bridgehead atoms. The molecule has 3 rings (SSSR count). The fraction of sp³-hybridized carbons (Fsp3) is 0.389. The molecule has 5 heteroatoms. The lowest BCUT2D eigenvalue weighted by molar-refractivity contribution is 0.177. The number of nitrogens with zero attached hydrogens (tertiary/aromatic N) is 2.